The number of alkyl halides is 3. The predicted molar refractivity (Wildman–Crippen MR) is 88.5 cm³/mol. The van der Waals surface area contributed by atoms with E-state index < -0.39 is 38.1 Å². The van der Waals surface area contributed by atoms with E-state index in [0.29, 0.717) is 6.92 Å². The van der Waals surface area contributed by atoms with Crippen LogP contribution in [-0.2, 0) is 17.1 Å². The number of sulfonamides is 1. The molecule has 2 rings (SSSR count). The molecular weight excluding hydrogens is 397 g/mol. The van der Waals surface area contributed by atoms with Crippen LogP contribution in [0.25, 0.3) is 0 Å². The van der Waals surface area contributed by atoms with Gasteiger partial charge in [0.05, 0.1) is 5.02 Å². The summed E-state index contributed by atoms with van der Waals surface area (Å²) >= 11 is 5.97. The fourth-order valence-corrected chi connectivity index (χ4v) is 3.92. The average Bonchev–Trinajstić information content (AvgIpc) is 2.82. The molecule has 0 aromatic carbocycles. The van der Waals surface area contributed by atoms with Gasteiger partial charge in [0, 0.05) is 19.4 Å². The maximum absolute atomic E-state index is 12.6. The Morgan fingerprint density at radius 3 is 2.54 bits per heavy atom. The van der Waals surface area contributed by atoms with Crippen LogP contribution in [0.3, 0.4) is 0 Å². The number of halogens is 4. The first-order chi connectivity index (χ1) is 11.9. The van der Waals surface area contributed by atoms with Crippen molar-refractivity contribution in [1.29, 1.82) is 0 Å². The van der Waals surface area contributed by atoms with Gasteiger partial charge in [0.2, 0.25) is 10.0 Å². The highest BCUT2D eigenvalue weighted by molar-refractivity contribution is 7.89. The second kappa shape index (κ2) is 7.25. The van der Waals surface area contributed by atoms with Crippen molar-refractivity contribution < 1.29 is 26.4 Å². The summed E-state index contributed by atoms with van der Waals surface area (Å²) in [6.07, 6.45) is -2.38. The number of hydrogen-bond donors (Lipinski definition) is 2. The third kappa shape index (κ3) is 4.34. The number of hydrogen-bond acceptors (Lipinski definition) is 4. The van der Waals surface area contributed by atoms with E-state index in [0.717, 1.165) is 10.8 Å². The quantitative estimate of drug-likeness (QED) is 0.792. The Hall–Kier alpha value is -2.11. The van der Waals surface area contributed by atoms with Crippen LogP contribution >= 0.6 is 11.6 Å². The molecule has 2 aromatic rings. The van der Waals surface area contributed by atoms with Crippen LogP contribution in [0.1, 0.15) is 17.4 Å². The van der Waals surface area contributed by atoms with E-state index in [4.69, 9.17) is 11.6 Å². The molecule has 1 atom stereocenters. The molecule has 2 aromatic heterocycles. The van der Waals surface area contributed by atoms with Crippen molar-refractivity contribution in [1.82, 2.24) is 14.3 Å². The molecule has 1 amide bonds. The molecule has 0 radical (unpaired) electrons. The lowest BCUT2D eigenvalue weighted by Gasteiger charge is -2.16. The summed E-state index contributed by atoms with van der Waals surface area (Å²) in [5.74, 6) is -0.565. The topological polar surface area (TPSA) is 93.1 Å². The molecule has 26 heavy (non-hydrogen) atoms. The van der Waals surface area contributed by atoms with Crippen molar-refractivity contribution in [3.8, 4) is 0 Å². The molecular formula is C14H14ClF3N4O3S. The monoisotopic (exact) mass is 410 g/mol. The number of aromatic nitrogens is 2. The van der Waals surface area contributed by atoms with Crippen molar-refractivity contribution >= 4 is 33.3 Å². The highest BCUT2D eigenvalue weighted by atomic mass is 35.5. The van der Waals surface area contributed by atoms with E-state index in [9.17, 15) is 26.4 Å². The van der Waals surface area contributed by atoms with Gasteiger partial charge >= 0.3 is 6.18 Å². The highest BCUT2D eigenvalue weighted by Gasteiger charge is 2.40. The van der Waals surface area contributed by atoms with Crippen molar-refractivity contribution in [2.75, 3.05) is 5.32 Å². The minimum atomic E-state index is -4.77. The van der Waals surface area contributed by atoms with Gasteiger partial charge in [-0.15, -0.1) is 0 Å². The second-order valence-electron chi connectivity index (χ2n) is 5.32. The maximum Gasteiger partial charge on any atom is 0.404 e. The van der Waals surface area contributed by atoms with Crippen molar-refractivity contribution in [2.24, 2.45) is 7.05 Å². The number of carbonyl (C=O) groups is 1. The van der Waals surface area contributed by atoms with Crippen LogP contribution in [-0.4, -0.2) is 36.1 Å². The van der Waals surface area contributed by atoms with Gasteiger partial charge in [0.25, 0.3) is 5.91 Å². The molecule has 12 heteroatoms. The van der Waals surface area contributed by atoms with Crippen LogP contribution in [0.15, 0.2) is 35.5 Å². The van der Waals surface area contributed by atoms with Crippen molar-refractivity contribution in [3.05, 3.63) is 41.3 Å². The number of rotatable bonds is 5. The van der Waals surface area contributed by atoms with Gasteiger partial charge in [-0.25, -0.2) is 13.4 Å². The molecule has 0 bridgehead atoms. The molecule has 0 aliphatic carbocycles. The summed E-state index contributed by atoms with van der Waals surface area (Å²) in [7, 11) is -3.26. The minimum absolute atomic E-state index is 0.197. The fraction of sp³-hybridized carbons (Fsp3) is 0.286. The third-order valence-electron chi connectivity index (χ3n) is 3.32. The summed E-state index contributed by atoms with van der Waals surface area (Å²) in [5.41, 5.74) is -0.239. The Balaban J connectivity index is 2.33. The molecule has 0 saturated heterocycles. The predicted octanol–water partition coefficient (Wildman–Crippen LogP) is 2.55. The van der Waals surface area contributed by atoms with Crippen molar-refractivity contribution in [2.45, 2.75) is 24.0 Å². The van der Waals surface area contributed by atoms with Crippen LogP contribution in [0, 0.1) is 0 Å². The van der Waals surface area contributed by atoms with E-state index in [-0.39, 0.29) is 11.5 Å². The molecule has 0 saturated carbocycles. The van der Waals surface area contributed by atoms with Crippen LogP contribution in [0.4, 0.5) is 19.0 Å². The number of anilines is 1. The Bertz CT molecular complexity index is 914. The van der Waals surface area contributed by atoms with Crippen LogP contribution in [0.2, 0.25) is 5.02 Å². The van der Waals surface area contributed by atoms with Gasteiger partial charge in [0.15, 0.2) is 0 Å². The zero-order valence-corrected chi connectivity index (χ0v) is 15.1. The SMILES string of the molecule is C[C@@H](NS(=O)(=O)c1cn(C)c(C(=O)Nc2ccccn2)c1Cl)C(F)(F)F. The van der Waals surface area contributed by atoms with Gasteiger partial charge in [-0.1, -0.05) is 17.7 Å². The largest absolute Gasteiger partial charge is 0.404 e. The normalized spacial score (nSPS) is 13.5. The first-order valence-corrected chi connectivity index (χ1v) is 8.96. The Morgan fingerprint density at radius 1 is 1.35 bits per heavy atom. The Labute approximate surface area is 152 Å². The highest BCUT2D eigenvalue weighted by Crippen LogP contribution is 2.29. The average molecular weight is 411 g/mol. The zero-order chi connectivity index (χ0) is 19.7. The molecule has 0 unspecified atom stereocenters. The van der Waals surface area contributed by atoms with Crippen molar-refractivity contribution in [3.63, 3.8) is 0 Å². The molecule has 142 valence electrons. The molecule has 7 nitrogen and oxygen atoms in total. The summed E-state index contributed by atoms with van der Waals surface area (Å²) in [5, 5.41) is 1.92. The molecule has 0 aliphatic heterocycles. The number of amides is 1. The van der Waals surface area contributed by atoms with E-state index >= 15 is 0 Å². The summed E-state index contributed by atoms with van der Waals surface area (Å²) in [4.78, 5) is 15.6. The Kier molecular flexibility index (Phi) is 5.64. The zero-order valence-electron chi connectivity index (χ0n) is 13.5. The van der Waals surface area contributed by atoms with E-state index in [1.165, 1.54) is 24.0 Å². The van der Waals surface area contributed by atoms with Gasteiger partial charge in [0.1, 0.15) is 22.4 Å². The molecule has 0 aliphatic rings. The lowest BCUT2D eigenvalue weighted by atomic mass is 10.4. The summed E-state index contributed by atoms with van der Waals surface area (Å²) in [6.45, 7) is 0.656. The lowest BCUT2D eigenvalue weighted by molar-refractivity contribution is -0.147. The van der Waals surface area contributed by atoms with Gasteiger partial charge < -0.3 is 9.88 Å². The standard InChI is InChI=1S/C14H14ClF3N4O3S/c1-8(14(16,17)18)21-26(24,25)9-7-22(2)12(11(9)15)13(23)20-10-5-3-4-6-19-10/h3-8,21H,1-2H3,(H,19,20,23)/t8-/m1/s1. The molecule has 0 spiro atoms. The van der Waals surface area contributed by atoms with Gasteiger partial charge in [-0.3, -0.25) is 4.79 Å². The van der Waals surface area contributed by atoms with Crippen LogP contribution in [0.5, 0.6) is 0 Å². The number of pyridine rings is 1. The first-order valence-electron chi connectivity index (χ1n) is 7.09. The Morgan fingerprint density at radius 2 is 2.00 bits per heavy atom. The van der Waals surface area contributed by atoms with Gasteiger partial charge in [-0.2, -0.15) is 17.9 Å². The molecule has 0 fully saturated rings. The molecule has 2 heterocycles. The summed E-state index contributed by atoms with van der Waals surface area (Å²) in [6, 6.07) is 2.42. The third-order valence-corrected chi connectivity index (χ3v) is 5.37. The summed E-state index contributed by atoms with van der Waals surface area (Å²) < 4.78 is 64.8. The van der Waals surface area contributed by atoms with E-state index in [2.05, 4.69) is 10.3 Å². The molecule has 2 N–H and O–H groups in total. The smallest absolute Gasteiger partial charge is 0.344 e. The first kappa shape index (κ1) is 20.2. The number of carbonyl (C=O) groups excluding carboxylic acids is 1. The van der Waals surface area contributed by atoms with Gasteiger partial charge in [-0.05, 0) is 19.1 Å². The lowest BCUT2D eigenvalue weighted by Crippen LogP contribution is -2.42. The number of aryl methyl sites for hydroxylation is 1. The minimum Gasteiger partial charge on any atom is -0.344 e. The second-order valence-corrected chi connectivity index (χ2v) is 7.38. The van der Waals surface area contributed by atoms with E-state index in [1.807, 2.05) is 0 Å². The number of nitrogens with one attached hydrogen (secondary N) is 2. The number of nitrogens with zero attached hydrogens (tertiary/aromatic N) is 2. The van der Waals surface area contributed by atoms with E-state index in [1.54, 1.807) is 12.1 Å². The van der Waals surface area contributed by atoms with Crippen LogP contribution < -0.4 is 10.0 Å². The maximum atomic E-state index is 12.6. The fourth-order valence-electron chi connectivity index (χ4n) is 1.99.